The molecule has 1 N–H and O–H groups in total. The van der Waals surface area contributed by atoms with Crippen molar-refractivity contribution < 1.29 is 9.90 Å². The normalized spacial score (nSPS) is 21.1. The van der Waals surface area contributed by atoms with Crippen LogP contribution < -0.4 is 0 Å². The molecule has 32 heavy (non-hydrogen) atoms. The molecule has 0 radical (unpaired) electrons. The van der Waals surface area contributed by atoms with Gasteiger partial charge in [0.25, 0.3) is 0 Å². The van der Waals surface area contributed by atoms with Crippen LogP contribution in [0.2, 0.25) is 0 Å². The molecule has 1 aliphatic heterocycles. The first kappa shape index (κ1) is 20.9. The van der Waals surface area contributed by atoms with E-state index in [-0.39, 0.29) is 0 Å². The van der Waals surface area contributed by atoms with Crippen molar-refractivity contribution in [3.8, 4) is 0 Å². The summed E-state index contributed by atoms with van der Waals surface area (Å²) < 4.78 is 2.32. The Labute approximate surface area is 188 Å². The van der Waals surface area contributed by atoms with E-state index in [0.717, 1.165) is 55.6 Å². The first-order chi connectivity index (χ1) is 15.6. The first-order valence-electron chi connectivity index (χ1n) is 11.7. The SMILES string of the molecule is CN(Cc1nc2ccccc2n1C[C@@H]1CCCN(C(=O)O)C1)[C@H]1CCCc2cccnc21. The Kier molecular flexibility index (Phi) is 5.83. The number of rotatable bonds is 5. The zero-order chi connectivity index (χ0) is 22.1. The third kappa shape index (κ3) is 4.09. The van der Waals surface area contributed by atoms with Crippen molar-refractivity contribution in [2.75, 3.05) is 20.1 Å². The smallest absolute Gasteiger partial charge is 0.407 e. The van der Waals surface area contributed by atoms with Gasteiger partial charge in [0.2, 0.25) is 0 Å². The van der Waals surface area contributed by atoms with Crippen LogP contribution in [0.15, 0.2) is 42.6 Å². The number of benzene rings is 1. The molecule has 7 heteroatoms. The molecule has 3 aromatic rings. The largest absolute Gasteiger partial charge is 0.465 e. The highest BCUT2D eigenvalue weighted by atomic mass is 16.4. The fraction of sp³-hybridized carbons (Fsp3) is 0.480. The second-order valence-electron chi connectivity index (χ2n) is 9.24. The van der Waals surface area contributed by atoms with Crippen molar-refractivity contribution in [2.45, 2.75) is 51.2 Å². The van der Waals surface area contributed by atoms with Crippen LogP contribution in [-0.4, -0.2) is 55.7 Å². The number of likely N-dealkylation sites (tertiary alicyclic amines) is 1. The molecular formula is C25H31N5O2. The van der Waals surface area contributed by atoms with Gasteiger partial charge in [-0.1, -0.05) is 18.2 Å². The van der Waals surface area contributed by atoms with Crippen molar-refractivity contribution in [3.05, 3.63) is 59.7 Å². The van der Waals surface area contributed by atoms with E-state index in [9.17, 15) is 9.90 Å². The van der Waals surface area contributed by atoms with Gasteiger partial charge in [0, 0.05) is 25.8 Å². The summed E-state index contributed by atoms with van der Waals surface area (Å²) in [6.07, 6.45) is 6.45. The van der Waals surface area contributed by atoms with Crippen molar-refractivity contribution in [2.24, 2.45) is 5.92 Å². The van der Waals surface area contributed by atoms with Gasteiger partial charge in [0.05, 0.1) is 29.3 Å². The number of nitrogens with zero attached hydrogens (tertiary/aromatic N) is 5. The summed E-state index contributed by atoms with van der Waals surface area (Å²) in [4.78, 5) is 25.1. The Morgan fingerprint density at radius 3 is 2.94 bits per heavy atom. The van der Waals surface area contributed by atoms with Crippen LogP contribution in [0.4, 0.5) is 4.79 Å². The van der Waals surface area contributed by atoms with Gasteiger partial charge < -0.3 is 14.6 Å². The average Bonchev–Trinajstić information content (AvgIpc) is 3.15. The minimum Gasteiger partial charge on any atom is -0.465 e. The zero-order valence-corrected chi connectivity index (χ0v) is 18.7. The Hall–Kier alpha value is -2.93. The van der Waals surface area contributed by atoms with Crippen LogP contribution >= 0.6 is 0 Å². The number of piperidine rings is 1. The third-order valence-electron chi connectivity index (χ3n) is 7.05. The lowest BCUT2D eigenvalue weighted by Gasteiger charge is -2.33. The number of amides is 1. The molecule has 0 spiro atoms. The van der Waals surface area contributed by atoms with Crippen LogP contribution in [0.1, 0.15) is 48.8 Å². The molecule has 2 aliphatic rings. The lowest BCUT2D eigenvalue weighted by Crippen LogP contribution is -2.40. The van der Waals surface area contributed by atoms with Crippen molar-refractivity contribution in [3.63, 3.8) is 0 Å². The van der Waals surface area contributed by atoms with E-state index < -0.39 is 6.09 Å². The standard InChI is InChI=1S/C25H31N5O2/c1-28(22-12-4-8-19-9-5-13-26-24(19)22)17-23-27-20-10-2-3-11-21(20)30(23)16-18-7-6-14-29(15-18)25(31)32/h2-3,5,9-11,13,18,22H,4,6-8,12,14-17H2,1H3,(H,31,32)/t18-,22+/m1/s1. The number of pyridine rings is 1. The number of hydrogen-bond donors (Lipinski definition) is 1. The Morgan fingerprint density at radius 2 is 2.06 bits per heavy atom. The van der Waals surface area contributed by atoms with E-state index in [1.165, 1.54) is 17.7 Å². The number of imidazole rings is 1. The highest BCUT2D eigenvalue weighted by molar-refractivity contribution is 5.75. The van der Waals surface area contributed by atoms with Gasteiger partial charge in [-0.2, -0.15) is 0 Å². The lowest BCUT2D eigenvalue weighted by atomic mass is 9.91. The Balaban J connectivity index is 1.41. The molecule has 1 aromatic carbocycles. The number of hydrogen-bond acceptors (Lipinski definition) is 4. The lowest BCUT2D eigenvalue weighted by molar-refractivity contribution is 0.116. The van der Waals surface area contributed by atoms with E-state index in [4.69, 9.17) is 9.97 Å². The van der Waals surface area contributed by atoms with E-state index in [2.05, 4.69) is 40.8 Å². The van der Waals surface area contributed by atoms with Crippen LogP contribution in [0.5, 0.6) is 0 Å². The molecule has 0 bridgehead atoms. The van der Waals surface area contributed by atoms with Crippen molar-refractivity contribution in [1.82, 2.24) is 24.3 Å². The maximum absolute atomic E-state index is 11.5. The van der Waals surface area contributed by atoms with E-state index in [1.54, 1.807) is 4.90 Å². The number of carbonyl (C=O) groups is 1. The molecule has 7 nitrogen and oxygen atoms in total. The van der Waals surface area contributed by atoms with E-state index in [1.807, 2.05) is 18.3 Å². The van der Waals surface area contributed by atoms with E-state index >= 15 is 0 Å². The number of aromatic nitrogens is 3. The Morgan fingerprint density at radius 1 is 1.19 bits per heavy atom. The molecule has 1 aliphatic carbocycles. The van der Waals surface area contributed by atoms with Gasteiger partial charge >= 0.3 is 6.09 Å². The number of carboxylic acid groups (broad SMARTS) is 1. The van der Waals surface area contributed by atoms with Gasteiger partial charge in [-0.05, 0) is 68.8 Å². The highest BCUT2D eigenvalue weighted by Crippen LogP contribution is 2.33. The predicted octanol–water partition coefficient (Wildman–Crippen LogP) is 4.33. The molecule has 0 unspecified atom stereocenters. The maximum Gasteiger partial charge on any atom is 0.407 e. The second kappa shape index (κ2) is 8.90. The molecule has 0 saturated carbocycles. The monoisotopic (exact) mass is 433 g/mol. The van der Waals surface area contributed by atoms with Gasteiger partial charge in [-0.15, -0.1) is 0 Å². The fourth-order valence-corrected chi connectivity index (χ4v) is 5.44. The third-order valence-corrected chi connectivity index (χ3v) is 7.05. The topological polar surface area (TPSA) is 74.5 Å². The summed E-state index contributed by atoms with van der Waals surface area (Å²) in [6, 6.07) is 12.8. The van der Waals surface area contributed by atoms with Crippen LogP contribution in [0, 0.1) is 5.92 Å². The summed E-state index contributed by atoms with van der Waals surface area (Å²) in [6.45, 7) is 2.77. The minimum atomic E-state index is -0.811. The number of para-hydroxylation sites is 2. The van der Waals surface area contributed by atoms with Gasteiger partial charge in [-0.25, -0.2) is 9.78 Å². The van der Waals surface area contributed by atoms with Crippen molar-refractivity contribution in [1.29, 1.82) is 0 Å². The summed E-state index contributed by atoms with van der Waals surface area (Å²) in [7, 11) is 2.17. The predicted molar refractivity (Wildman–Crippen MR) is 123 cm³/mol. The van der Waals surface area contributed by atoms with Gasteiger partial charge in [0.15, 0.2) is 0 Å². The quantitative estimate of drug-likeness (QED) is 0.648. The summed E-state index contributed by atoms with van der Waals surface area (Å²) >= 11 is 0. The van der Waals surface area contributed by atoms with Crippen LogP contribution in [-0.2, 0) is 19.5 Å². The minimum absolute atomic E-state index is 0.297. The fourth-order valence-electron chi connectivity index (χ4n) is 5.44. The molecule has 168 valence electrons. The molecule has 5 rings (SSSR count). The van der Waals surface area contributed by atoms with Gasteiger partial charge in [0.1, 0.15) is 5.82 Å². The summed E-state index contributed by atoms with van der Waals surface area (Å²) in [5.41, 5.74) is 4.70. The summed E-state index contributed by atoms with van der Waals surface area (Å²) in [5.74, 6) is 1.35. The van der Waals surface area contributed by atoms with Crippen LogP contribution in [0.25, 0.3) is 11.0 Å². The highest BCUT2D eigenvalue weighted by Gasteiger charge is 2.28. The summed E-state index contributed by atoms with van der Waals surface area (Å²) in [5, 5.41) is 9.45. The average molecular weight is 434 g/mol. The van der Waals surface area contributed by atoms with Crippen LogP contribution in [0.3, 0.4) is 0 Å². The second-order valence-corrected chi connectivity index (χ2v) is 9.24. The molecule has 1 fully saturated rings. The van der Waals surface area contributed by atoms with Crippen molar-refractivity contribution >= 4 is 17.1 Å². The first-order valence-corrected chi connectivity index (χ1v) is 11.7. The number of aryl methyl sites for hydroxylation is 1. The molecule has 1 amide bonds. The zero-order valence-electron chi connectivity index (χ0n) is 18.7. The number of fused-ring (bicyclic) bond motifs is 2. The molecule has 2 atom stereocenters. The Bertz CT molecular complexity index is 1110. The molecule has 3 heterocycles. The maximum atomic E-state index is 11.5. The molecular weight excluding hydrogens is 402 g/mol. The molecule has 2 aromatic heterocycles. The van der Waals surface area contributed by atoms with E-state index in [0.29, 0.717) is 25.0 Å². The van der Waals surface area contributed by atoms with Gasteiger partial charge in [-0.3, -0.25) is 9.88 Å². The molecule has 1 saturated heterocycles.